The first-order valence-electron chi connectivity index (χ1n) is 6.65. The van der Waals surface area contributed by atoms with Crippen molar-refractivity contribution >= 4 is 0 Å². The lowest BCUT2D eigenvalue weighted by Gasteiger charge is -2.18. The summed E-state index contributed by atoms with van der Waals surface area (Å²) < 4.78 is 0. The molecule has 19 heavy (non-hydrogen) atoms. The number of hydrogen-bond donors (Lipinski definition) is 1. The number of aliphatic hydroxyl groups is 1. The van der Waals surface area contributed by atoms with E-state index in [4.69, 9.17) is 0 Å². The van der Waals surface area contributed by atoms with Crippen LogP contribution >= 0.6 is 0 Å². The van der Waals surface area contributed by atoms with E-state index < -0.39 is 6.10 Å². The Morgan fingerprint density at radius 2 is 1.68 bits per heavy atom. The van der Waals surface area contributed by atoms with E-state index in [1.54, 1.807) is 6.20 Å². The highest BCUT2D eigenvalue weighted by Gasteiger charge is 2.15. The largest absolute Gasteiger partial charge is 0.388 e. The Kier molecular flexibility index (Phi) is 4.01. The highest BCUT2D eigenvalue weighted by atomic mass is 16.3. The van der Waals surface area contributed by atoms with Gasteiger partial charge >= 0.3 is 0 Å². The Morgan fingerprint density at radius 1 is 1.05 bits per heavy atom. The second-order valence-electron chi connectivity index (χ2n) is 5.30. The van der Waals surface area contributed by atoms with Crippen LogP contribution < -0.4 is 0 Å². The third-order valence-corrected chi connectivity index (χ3v) is 3.58. The molecule has 1 unspecified atom stereocenters. The van der Waals surface area contributed by atoms with Gasteiger partial charge in [0.2, 0.25) is 0 Å². The van der Waals surface area contributed by atoms with Gasteiger partial charge in [-0.2, -0.15) is 0 Å². The van der Waals surface area contributed by atoms with Crippen LogP contribution in [0.25, 0.3) is 0 Å². The van der Waals surface area contributed by atoms with E-state index in [-0.39, 0.29) is 0 Å². The van der Waals surface area contributed by atoms with E-state index in [9.17, 15) is 5.11 Å². The lowest BCUT2D eigenvalue weighted by Crippen LogP contribution is -2.08. The van der Waals surface area contributed by atoms with Crippen molar-refractivity contribution in [2.45, 2.75) is 40.2 Å². The molecule has 0 saturated carbocycles. The van der Waals surface area contributed by atoms with Crippen LogP contribution in [0.4, 0.5) is 0 Å². The number of rotatable bonds is 3. The molecule has 0 aliphatic heterocycles. The summed E-state index contributed by atoms with van der Waals surface area (Å²) in [5.41, 5.74) is 6.67. The number of aliphatic hydroxyl groups excluding tert-OH is 1. The SMILES string of the molecule is Cc1cc(C)c(C(O)Cc2ncccc2C)c(C)c1. The van der Waals surface area contributed by atoms with Gasteiger partial charge in [0.1, 0.15) is 0 Å². The van der Waals surface area contributed by atoms with Gasteiger partial charge in [0.25, 0.3) is 0 Å². The van der Waals surface area contributed by atoms with Crippen LogP contribution in [-0.2, 0) is 6.42 Å². The van der Waals surface area contributed by atoms with Crippen molar-refractivity contribution in [2.24, 2.45) is 0 Å². The zero-order valence-corrected chi connectivity index (χ0v) is 12.1. The van der Waals surface area contributed by atoms with E-state index >= 15 is 0 Å². The first-order chi connectivity index (χ1) is 8.99. The quantitative estimate of drug-likeness (QED) is 0.909. The Balaban J connectivity index is 2.31. The maximum Gasteiger partial charge on any atom is 0.0850 e. The molecule has 1 atom stereocenters. The van der Waals surface area contributed by atoms with Gasteiger partial charge < -0.3 is 5.11 Å². The average molecular weight is 255 g/mol. The van der Waals surface area contributed by atoms with Crippen LogP contribution in [0.2, 0.25) is 0 Å². The molecule has 0 bridgehead atoms. The molecule has 0 aliphatic carbocycles. The van der Waals surface area contributed by atoms with Crippen LogP contribution in [0.15, 0.2) is 30.5 Å². The third kappa shape index (κ3) is 3.02. The van der Waals surface area contributed by atoms with Crippen molar-refractivity contribution < 1.29 is 5.11 Å². The van der Waals surface area contributed by atoms with E-state index in [2.05, 4.69) is 37.9 Å². The Hall–Kier alpha value is -1.67. The Bertz CT molecular complexity index is 567. The van der Waals surface area contributed by atoms with Crippen LogP contribution in [0.1, 0.15) is 39.6 Å². The van der Waals surface area contributed by atoms with Gasteiger partial charge in [-0.25, -0.2) is 0 Å². The van der Waals surface area contributed by atoms with Crippen molar-refractivity contribution in [3.8, 4) is 0 Å². The molecule has 2 aromatic rings. The van der Waals surface area contributed by atoms with Crippen molar-refractivity contribution in [1.82, 2.24) is 4.98 Å². The third-order valence-electron chi connectivity index (χ3n) is 3.58. The first kappa shape index (κ1) is 13.8. The molecular formula is C17H21NO. The molecule has 2 nitrogen and oxygen atoms in total. The molecule has 1 N–H and O–H groups in total. The molecule has 1 aromatic heterocycles. The minimum Gasteiger partial charge on any atom is -0.388 e. The maximum absolute atomic E-state index is 10.5. The number of nitrogens with zero attached hydrogens (tertiary/aromatic N) is 1. The fourth-order valence-electron chi connectivity index (χ4n) is 2.73. The molecule has 1 aromatic carbocycles. The van der Waals surface area contributed by atoms with E-state index in [1.807, 2.05) is 19.1 Å². The number of pyridine rings is 1. The first-order valence-corrected chi connectivity index (χ1v) is 6.65. The van der Waals surface area contributed by atoms with Gasteiger partial charge in [-0.1, -0.05) is 23.8 Å². The predicted molar refractivity (Wildman–Crippen MR) is 78.3 cm³/mol. The van der Waals surface area contributed by atoms with Gasteiger partial charge in [-0.15, -0.1) is 0 Å². The summed E-state index contributed by atoms with van der Waals surface area (Å²) in [6.07, 6.45) is 1.86. The molecule has 0 saturated heterocycles. The minimum atomic E-state index is -0.491. The lowest BCUT2D eigenvalue weighted by molar-refractivity contribution is 0.175. The summed E-state index contributed by atoms with van der Waals surface area (Å²) in [6.45, 7) is 8.23. The summed E-state index contributed by atoms with van der Waals surface area (Å²) in [4.78, 5) is 4.36. The number of benzene rings is 1. The minimum absolute atomic E-state index is 0.491. The van der Waals surface area contributed by atoms with Crippen LogP contribution in [0.5, 0.6) is 0 Å². The molecule has 1 heterocycles. The van der Waals surface area contributed by atoms with Gasteiger partial charge in [0.15, 0.2) is 0 Å². The number of aryl methyl sites for hydroxylation is 4. The molecule has 2 rings (SSSR count). The van der Waals surface area contributed by atoms with E-state index in [0.717, 1.165) is 27.9 Å². The van der Waals surface area contributed by atoms with Crippen molar-refractivity contribution in [1.29, 1.82) is 0 Å². The second-order valence-corrected chi connectivity index (χ2v) is 5.30. The molecular weight excluding hydrogens is 234 g/mol. The lowest BCUT2D eigenvalue weighted by atomic mass is 9.93. The zero-order chi connectivity index (χ0) is 14.0. The average Bonchev–Trinajstić information content (AvgIpc) is 2.30. The standard InChI is InChI=1S/C17H21NO/c1-11-8-13(3)17(14(4)9-11)16(19)10-15-12(2)6-5-7-18-15/h5-9,16,19H,10H2,1-4H3. The fraction of sp³-hybridized carbons (Fsp3) is 0.353. The Labute approximate surface area is 115 Å². The van der Waals surface area contributed by atoms with Gasteiger partial charge in [-0.05, 0) is 56.0 Å². The summed E-state index contributed by atoms with van der Waals surface area (Å²) in [6, 6.07) is 8.20. The summed E-state index contributed by atoms with van der Waals surface area (Å²) in [7, 11) is 0. The summed E-state index contributed by atoms with van der Waals surface area (Å²) >= 11 is 0. The van der Waals surface area contributed by atoms with Gasteiger partial charge in [-0.3, -0.25) is 4.98 Å². The van der Waals surface area contributed by atoms with Gasteiger partial charge in [0, 0.05) is 18.3 Å². The molecule has 0 amide bonds. The highest BCUT2D eigenvalue weighted by Crippen LogP contribution is 2.26. The van der Waals surface area contributed by atoms with Crippen LogP contribution in [-0.4, -0.2) is 10.1 Å². The molecule has 100 valence electrons. The predicted octanol–water partition coefficient (Wildman–Crippen LogP) is 3.59. The molecule has 0 aliphatic rings. The molecule has 0 spiro atoms. The summed E-state index contributed by atoms with van der Waals surface area (Å²) in [5.74, 6) is 0. The molecule has 2 heteroatoms. The summed E-state index contributed by atoms with van der Waals surface area (Å²) in [5, 5.41) is 10.5. The Morgan fingerprint density at radius 3 is 2.26 bits per heavy atom. The molecule has 0 radical (unpaired) electrons. The zero-order valence-electron chi connectivity index (χ0n) is 12.1. The number of aromatic nitrogens is 1. The van der Waals surface area contributed by atoms with E-state index in [1.165, 1.54) is 5.56 Å². The second kappa shape index (κ2) is 5.54. The monoisotopic (exact) mass is 255 g/mol. The highest BCUT2D eigenvalue weighted by molar-refractivity contribution is 5.39. The van der Waals surface area contributed by atoms with Crippen LogP contribution in [0, 0.1) is 27.7 Å². The van der Waals surface area contributed by atoms with Crippen molar-refractivity contribution in [3.05, 3.63) is 64.0 Å². The van der Waals surface area contributed by atoms with Crippen molar-refractivity contribution in [2.75, 3.05) is 0 Å². The van der Waals surface area contributed by atoms with Crippen LogP contribution in [0.3, 0.4) is 0 Å². The maximum atomic E-state index is 10.5. The normalized spacial score (nSPS) is 12.5. The topological polar surface area (TPSA) is 33.1 Å². The van der Waals surface area contributed by atoms with Gasteiger partial charge in [0.05, 0.1) is 6.10 Å². The van der Waals surface area contributed by atoms with Crippen molar-refractivity contribution in [3.63, 3.8) is 0 Å². The molecule has 0 fully saturated rings. The van der Waals surface area contributed by atoms with E-state index in [0.29, 0.717) is 6.42 Å². The number of hydrogen-bond acceptors (Lipinski definition) is 2. The smallest absolute Gasteiger partial charge is 0.0850 e. The fourth-order valence-corrected chi connectivity index (χ4v) is 2.73.